The number of para-hydroxylation sites is 2. The predicted octanol–water partition coefficient (Wildman–Crippen LogP) is 2.48. The van der Waals surface area contributed by atoms with E-state index in [0.29, 0.717) is 18.5 Å². The zero-order valence-corrected chi connectivity index (χ0v) is 13.9. The number of nitrogens with one attached hydrogen (secondary N) is 1. The van der Waals surface area contributed by atoms with Crippen molar-refractivity contribution < 1.29 is 9.21 Å². The number of nitrogens with zero attached hydrogens (tertiary/aromatic N) is 4. The smallest absolute Gasteiger partial charge is 0.296 e. The van der Waals surface area contributed by atoms with Gasteiger partial charge in [0.25, 0.3) is 6.01 Å². The molecule has 3 heterocycles. The third-order valence-electron chi connectivity index (χ3n) is 5.07. The first-order valence-corrected chi connectivity index (χ1v) is 8.62. The number of likely N-dealkylation sites (tertiary alicyclic amines) is 1. The number of aromatic nitrogens is 3. The Morgan fingerprint density at radius 3 is 2.80 bits per heavy atom. The number of carbonyl (C=O) groups excluding carboxylic acids is 1. The van der Waals surface area contributed by atoms with Crippen LogP contribution < -0.4 is 5.32 Å². The van der Waals surface area contributed by atoms with Crippen LogP contribution in [0.25, 0.3) is 11.1 Å². The quantitative estimate of drug-likeness (QED) is 0.791. The number of amides is 1. The maximum absolute atomic E-state index is 12.7. The van der Waals surface area contributed by atoms with Crippen LogP contribution in [-0.2, 0) is 11.8 Å². The molecule has 2 atom stereocenters. The van der Waals surface area contributed by atoms with Crippen LogP contribution in [0.1, 0.15) is 31.0 Å². The number of carbonyl (C=O) groups is 1. The fraction of sp³-hybridized carbons (Fsp3) is 0.389. The summed E-state index contributed by atoms with van der Waals surface area (Å²) in [5.74, 6) is 0.183. The molecule has 1 aromatic carbocycles. The number of hydrogen-bond acceptors (Lipinski definition) is 5. The van der Waals surface area contributed by atoms with Crippen molar-refractivity contribution in [2.24, 2.45) is 7.05 Å². The number of oxazole rings is 1. The summed E-state index contributed by atoms with van der Waals surface area (Å²) in [5, 5.41) is 7.65. The highest BCUT2D eigenvalue weighted by Crippen LogP contribution is 2.42. The molecular weight excluding hydrogens is 318 g/mol. The molecule has 0 spiro atoms. The predicted molar refractivity (Wildman–Crippen MR) is 91.9 cm³/mol. The van der Waals surface area contributed by atoms with Crippen molar-refractivity contribution >= 4 is 23.0 Å². The summed E-state index contributed by atoms with van der Waals surface area (Å²) in [5.41, 5.74) is 2.59. The lowest BCUT2D eigenvalue weighted by atomic mass is 10.1. The van der Waals surface area contributed by atoms with E-state index in [0.717, 1.165) is 29.6 Å². The van der Waals surface area contributed by atoms with E-state index in [9.17, 15) is 4.79 Å². The van der Waals surface area contributed by atoms with Gasteiger partial charge in [-0.2, -0.15) is 10.1 Å². The normalized spacial score (nSPS) is 23.6. The standard InChI is InChI=1S/C18H19N5O2/c1-22-14(8-9-19-22)17-13(10-16(24)23(17)11-6-7-11)21-18-20-12-4-2-3-5-15(12)25-18/h2-5,8-9,11,13,17H,6-7,10H2,1H3,(H,20,21)/t13-,17-/m1/s1. The van der Waals surface area contributed by atoms with Gasteiger partial charge in [0.15, 0.2) is 5.58 Å². The molecule has 1 N–H and O–H groups in total. The van der Waals surface area contributed by atoms with Gasteiger partial charge < -0.3 is 14.6 Å². The Bertz CT molecular complexity index is 909. The minimum Gasteiger partial charge on any atom is -0.424 e. The molecule has 1 aliphatic carbocycles. The number of aryl methyl sites for hydroxylation is 1. The third kappa shape index (κ3) is 2.38. The highest BCUT2D eigenvalue weighted by molar-refractivity contribution is 5.82. The van der Waals surface area contributed by atoms with E-state index >= 15 is 0 Å². The van der Waals surface area contributed by atoms with Crippen molar-refractivity contribution in [1.29, 1.82) is 0 Å². The second kappa shape index (κ2) is 5.34. The number of benzene rings is 1. The first kappa shape index (κ1) is 14.5. The van der Waals surface area contributed by atoms with Gasteiger partial charge in [0.1, 0.15) is 5.52 Å². The molecule has 7 heteroatoms. The van der Waals surface area contributed by atoms with Gasteiger partial charge in [-0.05, 0) is 31.0 Å². The van der Waals surface area contributed by atoms with Gasteiger partial charge >= 0.3 is 0 Å². The molecule has 0 bridgehead atoms. The van der Waals surface area contributed by atoms with Crippen LogP contribution in [0, 0.1) is 0 Å². The van der Waals surface area contributed by atoms with E-state index < -0.39 is 0 Å². The van der Waals surface area contributed by atoms with Gasteiger partial charge in [0.05, 0.1) is 17.8 Å². The summed E-state index contributed by atoms with van der Waals surface area (Å²) in [6, 6.07) is 10.3. The highest BCUT2D eigenvalue weighted by Gasteiger charge is 2.48. The molecule has 1 saturated carbocycles. The topological polar surface area (TPSA) is 76.2 Å². The molecule has 5 rings (SSSR count). The van der Waals surface area contributed by atoms with Crippen LogP contribution >= 0.6 is 0 Å². The van der Waals surface area contributed by atoms with Gasteiger partial charge in [-0.1, -0.05) is 12.1 Å². The summed E-state index contributed by atoms with van der Waals surface area (Å²) in [6.07, 6.45) is 4.37. The highest BCUT2D eigenvalue weighted by atomic mass is 16.4. The summed E-state index contributed by atoms with van der Waals surface area (Å²) in [6.45, 7) is 0. The third-order valence-corrected chi connectivity index (χ3v) is 5.07. The molecular formula is C18H19N5O2. The van der Waals surface area contributed by atoms with Crippen LogP contribution in [0.15, 0.2) is 40.9 Å². The Kier molecular flexibility index (Phi) is 3.10. The largest absolute Gasteiger partial charge is 0.424 e. The Labute approximate surface area is 144 Å². The lowest BCUT2D eigenvalue weighted by molar-refractivity contribution is -0.129. The van der Waals surface area contributed by atoms with E-state index in [1.54, 1.807) is 6.20 Å². The first-order chi connectivity index (χ1) is 12.2. The van der Waals surface area contributed by atoms with Crippen LogP contribution in [0.3, 0.4) is 0 Å². The number of hydrogen-bond donors (Lipinski definition) is 1. The molecule has 1 amide bonds. The fourth-order valence-electron chi connectivity index (χ4n) is 3.78. The second-order valence-corrected chi connectivity index (χ2v) is 6.80. The molecule has 2 fully saturated rings. The van der Waals surface area contributed by atoms with Gasteiger partial charge in [-0.25, -0.2) is 0 Å². The molecule has 25 heavy (non-hydrogen) atoms. The Balaban J connectivity index is 1.50. The van der Waals surface area contributed by atoms with Crippen molar-refractivity contribution in [3.63, 3.8) is 0 Å². The number of rotatable bonds is 4. The molecule has 7 nitrogen and oxygen atoms in total. The van der Waals surface area contributed by atoms with Crippen molar-refractivity contribution in [3.05, 3.63) is 42.2 Å². The minimum atomic E-state index is -0.0865. The molecule has 0 unspecified atom stereocenters. The van der Waals surface area contributed by atoms with Crippen LogP contribution in [0.5, 0.6) is 0 Å². The van der Waals surface area contributed by atoms with Crippen molar-refractivity contribution in [1.82, 2.24) is 19.7 Å². The SMILES string of the molecule is Cn1nccc1[C@H]1[C@H](Nc2nc3ccccc3o2)CC(=O)N1C1CC1. The van der Waals surface area contributed by atoms with Gasteiger partial charge in [0, 0.05) is 25.7 Å². The average Bonchev–Trinajstić information content (AvgIpc) is 3.07. The van der Waals surface area contributed by atoms with Crippen LogP contribution in [0.2, 0.25) is 0 Å². The van der Waals surface area contributed by atoms with Gasteiger partial charge in [-0.3, -0.25) is 9.48 Å². The molecule has 2 aromatic heterocycles. The van der Waals surface area contributed by atoms with E-state index in [1.807, 2.05) is 47.0 Å². The van der Waals surface area contributed by atoms with Crippen molar-refractivity contribution in [3.8, 4) is 0 Å². The minimum absolute atomic E-state index is 0.0532. The fourth-order valence-corrected chi connectivity index (χ4v) is 3.78. The number of fused-ring (bicyclic) bond motifs is 1. The average molecular weight is 337 g/mol. The molecule has 3 aromatic rings. The Morgan fingerprint density at radius 2 is 2.08 bits per heavy atom. The first-order valence-electron chi connectivity index (χ1n) is 8.62. The molecule has 0 radical (unpaired) electrons. The monoisotopic (exact) mass is 337 g/mol. The maximum Gasteiger partial charge on any atom is 0.296 e. The summed E-state index contributed by atoms with van der Waals surface area (Å²) >= 11 is 0. The summed E-state index contributed by atoms with van der Waals surface area (Å²) in [4.78, 5) is 19.2. The lowest BCUT2D eigenvalue weighted by Crippen LogP contribution is -2.35. The zero-order chi connectivity index (χ0) is 17.0. The van der Waals surface area contributed by atoms with E-state index in [2.05, 4.69) is 15.4 Å². The van der Waals surface area contributed by atoms with Gasteiger partial charge in [0.2, 0.25) is 5.91 Å². The van der Waals surface area contributed by atoms with Crippen LogP contribution in [-0.4, -0.2) is 37.7 Å². The molecule has 1 saturated heterocycles. The second-order valence-electron chi connectivity index (χ2n) is 6.80. The van der Waals surface area contributed by atoms with Crippen molar-refractivity contribution in [2.75, 3.05) is 5.32 Å². The zero-order valence-electron chi connectivity index (χ0n) is 13.9. The van der Waals surface area contributed by atoms with E-state index in [1.165, 1.54) is 0 Å². The van der Waals surface area contributed by atoms with E-state index in [4.69, 9.17) is 4.42 Å². The van der Waals surface area contributed by atoms with Crippen molar-refractivity contribution in [2.45, 2.75) is 37.4 Å². The van der Waals surface area contributed by atoms with Gasteiger partial charge in [-0.15, -0.1) is 0 Å². The molecule has 128 valence electrons. The Morgan fingerprint density at radius 1 is 1.24 bits per heavy atom. The van der Waals surface area contributed by atoms with E-state index in [-0.39, 0.29) is 18.0 Å². The lowest BCUT2D eigenvalue weighted by Gasteiger charge is -2.28. The summed E-state index contributed by atoms with van der Waals surface area (Å²) in [7, 11) is 1.92. The molecule has 1 aliphatic heterocycles. The maximum atomic E-state index is 12.7. The molecule has 2 aliphatic rings. The Hall–Kier alpha value is -2.83. The number of anilines is 1. The van der Waals surface area contributed by atoms with Crippen LogP contribution in [0.4, 0.5) is 6.01 Å². The summed E-state index contributed by atoms with van der Waals surface area (Å²) < 4.78 is 7.64.